The van der Waals surface area contributed by atoms with Crippen LogP contribution in [0, 0.1) is 5.41 Å². The molecule has 0 N–H and O–H groups in total. The van der Waals surface area contributed by atoms with Crippen molar-refractivity contribution in [3.63, 3.8) is 0 Å². The van der Waals surface area contributed by atoms with E-state index >= 15 is 0 Å². The molecule has 1 aromatic rings. The third-order valence-electron chi connectivity index (χ3n) is 4.25. The van der Waals surface area contributed by atoms with Crippen LogP contribution in [0.15, 0.2) is 41.3 Å². The molecule has 0 fully saturated rings. The summed E-state index contributed by atoms with van der Waals surface area (Å²) in [6.07, 6.45) is 13.0. The summed E-state index contributed by atoms with van der Waals surface area (Å²) in [6.45, 7) is 9.24. The fourth-order valence-corrected chi connectivity index (χ4v) is 3.02. The largest absolute Gasteiger partial charge is 0.408 e. The first-order chi connectivity index (χ1) is 10.9. The van der Waals surface area contributed by atoms with Gasteiger partial charge in [0, 0.05) is 0 Å². The Balaban J connectivity index is 2.14. The van der Waals surface area contributed by atoms with Crippen molar-refractivity contribution >= 4 is 12.5 Å². The Bertz CT molecular complexity index is 652. The Labute approximate surface area is 138 Å². The molecule has 0 radical (unpaired) electrons. The molecule has 2 rings (SSSR count). The van der Waals surface area contributed by atoms with Gasteiger partial charge in [-0.05, 0) is 55.7 Å². The highest BCUT2D eigenvalue weighted by Crippen LogP contribution is 2.40. The second-order valence-corrected chi connectivity index (χ2v) is 6.65. The Kier molecular flexibility index (Phi) is 5.48. The van der Waals surface area contributed by atoms with E-state index in [0.717, 1.165) is 11.3 Å². The SMILES string of the molecule is CC1=C(C=C/C(C)=C/c2cnc(OC=O)cn2)C(C)(C)CCC1. The van der Waals surface area contributed by atoms with Crippen LogP contribution in [-0.4, -0.2) is 16.4 Å². The molecular formula is C19H24N2O2. The van der Waals surface area contributed by atoms with Gasteiger partial charge in [-0.25, -0.2) is 9.97 Å². The van der Waals surface area contributed by atoms with E-state index in [-0.39, 0.29) is 11.3 Å². The lowest BCUT2D eigenvalue weighted by Crippen LogP contribution is -2.19. The second-order valence-electron chi connectivity index (χ2n) is 6.65. The predicted octanol–water partition coefficient (Wildman–Crippen LogP) is 4.50. The van der Waals surface area contributed by atoms with E-state index in [1.165, 1.54) is 36.6 Å². The highest BCUT2D eigenvalue weighted by molar-refractivity contribution is 5.52. The highest BCUT2D eigenvalue weighted by Gasteiger charge is 2.26. The predicted molar refractivity (Wildman–Crippen MR) is 91.8 cm³/mol. The van der Waals surface area contributed by atoms with Crippen LogP contribution in [0.4, 0.5) is 0 Å². The number of aromatic nitrogens is 2. The zero-order valence-corrected chi connectivity index (χ0v) is 14.3. The van der Waals surface area contributed by atoms with Gasteiger partial charge in [-0.2, -0.15) is 0 Å². The maximum absolute atomic E-state index is 10.2. The van der Waals surface area contributed by atoms with Gasteiger partial charge in [0.15, 0.2) is 0 Å². The van der Waals surface area contributed by atoms with Gasteiger partial charge in [-0.1, -0.05) is 31.6 Å². The van der Waals surface area contributed by atoms with Crippen LogP contribution in [0.5, 0.6) is 5.88 Å². The van der Waals surface area contributed by atoms with Gasteiger partial charge < -0.3 is 4.74 Å². The van der Waals surface area contributed by atoms with Crippen molar-refractivity contribution in [2.45, 2.75) is 47.0 Å². The van der Waals surface area contributed by atoms with E-state index in [1.807, 2.05) is 13.0 Å². The maximum atomic E-state index is 10.2. The van der Waals surface area contributed by atoms with Gasteiger partial charge in [0.2, 0.25) is 5.88 Å². The van der Waals surface area contributed by atoms with Crippen molar-refractivity contribution in [1.29, 1.82) is 0 Å². The van der Waals surface area contributed by atoms with Gasteiger partial charge in [0.05, 0.1) is 18.1 Å². The zero-order chi connectivity index (χ0) is 16.9. The molecule has 122 valence electrons. The third-order valence-corrected chi connectivity index (χ3v) is 4.25. The van der Waals surface area contributed by atoms with Gasteiger partial charge in [0.1, 0.15) is 0 Å². The van der Waals surface area contributed by atoms with Gasteiger partial charge in [-0.15, -0.1) is 0 Å². The minimum Gasteiger partial charge on any atom is -0.408 e. The fourth-order valence-electron chi connectivity index (χ4n) is 3.02. The molecule has 1 aromatic heterocycles. The molecular weight excluding hydrogens is 288 g/mol. The monoisotopic (exact) mass is 312 g/mol. The van der Waals surface area contributed by atoms with E-state index in [1.54, 1.807) is 6.20 Å². The topological polar surface area (TPSA) is 52.1 Å². The van der Waals surface area contributed by atoms with E-state index in [4.69, 9.17) is 0 Å². The third kappa shape index (κ3) is 4.62. The second kappa shape index (κ2) is 7.36. The molecule has 0 saturated heterocycles. The van der Waals surface area contributed by atoms with E-state index in [9.17, 15) is 4.79 Å². The van der Waals surface area contributed by atoms with E-state index in [2.05, 4.69) is 47.6 Å². The molecule has 23 heavy (non-hydrogen) atoms. The molecule has 1 aliphatic carbocycles. The normalized spacial score (nSPS) is 18.3. The van der Waals surface area contributed by atoms with Crippen LogP contribution >= 0.6 is 0 Å². The molecule has 0 atom stereocenters. The number of hydrogen-bond donors (Lipinski definition) is 0. The summed E-state index contributed by atoms with van der Waals surface area (Å²) in [5.41, 5.74) is 5.01. The molecule has 0 aliphatic heterocycles. The summed E-state index contributed by atoms with van der Waals surface area (Å²) in [5, 5.41) is 0. The molecule has 0 spiro atoms. The minimum absolute atomic E-state index is 0.204. The van der Waals surface area contributed by atoms with E-state index in [0.29, 0.717) is 6.47 Å². The van der Waals surface area contributed by atoms with Crippen molar-refractivity contribution in [2.24, 2.45) is 5.41 Å². The first-order valence-corrected chi connectivity index (χ1v) is 7.91. The minimum atomic E-state index is 0.204. The Hall–Kier alpha value is -2.23. The summed E-state index contributed by atoms with van der Waals surface area (Å²) in [6, 6.07) is 0. The highest BCUT2D eigenvalue weighted by atomic mass is 16.5. The molecule has 1 heterocycles. The summed E-state index contributed by atoms with van der Waals surface area (Å²) in [7, 11) is 0. The number of rotatable bonds is 5. The smallest absolute Gasteiger partial charge is 0.299 e. The van der Waals surface area contributed by atoms with Crippen LogP contribution in [0.25, 0.3) is 6.08 Å². The number of carbonyl (C=O) groups is 1. The number of ether oxygens (including phenoxy) is 1. The molecule has 0 bridgehead atoms. The summed E-state index contributed by atoms with van der Waals surface area (Å²) in [4.78, 5) is 18.5. The van der Waals surface area contributed by atoms with Crippen LogP contribution in [0.1, 0.15) is 52.7 Å². The number of hydrogen-bond acceptors (Lipinski definition) is 4. The molecule has 0 unspecified atom stereocenters. The van der Waals surface area contributed by atoms with Gasteiger partial charge in [-0.3, -0.25) is 4.79 Å². The molecule has 4 heteroatoms. The van der Waals surface area contributed by atoms with Crippen LogP contribution in [-0.2, 0) is 4.79 Å². The quantitative estimate of drug-likeness (QED) is 0.593. The summed E-state index contributed by atoms with van der Waals surface area (Å²) in [5.74, 6) is 0.204. The number of nitrogens with zero attached hydrogens (tertiary/aromatic N) is 2. The molecule has 0 saturated carbocycles. The lowest BCUT2D eigenvalue weighted by atomic mass is 9.72. The first-order valence-electron chi connectivity index (χ1n) is 7.91. The Morgan fingerprint density at radius 2 is 2.09 bits per heavy atom. The van der Waals surface area contributed by atoms with Crippen LogP contribution in [0.2, 0.25) is 0 Å². The van der Waals surface area contributed by atoms with Crippen molar-refractivity contribution < 1.29 is 9.53 Å². The van der Waals surface area contributed by atoms with Crippen LogP contribution < -0.4 is 4.74 Å². The fraction of sp³-hybridized carbons (Fsp3) is 0.421. The van der Waals surface area contributed by atoms with Gasteiger partial charge >= 0.3 is 0 Å². The first kappa shape index (κ1) is 17.1. The maximum Gasteiger partial charge on any atom is 0.299 e. The lowest BCUT2D eigenvalue weighted by Gasteiger charge is -2.32. The summed E-state index contributed by atoms with van der Waals surface area (Å²) >= 11 is 0. The Morgan fingerprint density at radius 3 is 2.70 bits per heavy atom. The van der Waals surface area contributed by atoms with Gasteiger partial charge in [0.25, 0.3) is 6.47 Å². The van der Waals surface area contributed by atoms with Crippen molar-refractivity contribution in [3.8, 4) is 5.88 Å². The summed E-state index contributed by atoms with van der Waals surface area (Å²) < 4.78 is 4.63. The van der Waals surface area contributed by atoms with Crippen molar-refractivity contribution in [3.05, 3.63) is 47.0 Å². The lowest BCUT2D eigenvalue weighted by molar-refractivity contribution is -0.120. The van der Waals surface area contributed by atoms with E-state index < -0.39 is 0 Å². The standard InChI is InChI=1S/C19H24N2O2/c1-14(10-16-11-21-18(12-20-16)23-13-22)7-8-17-15(2)6-5-9-19(17,3)4/h7-8,10-13H,5-6,9H2,1-4H3/b8-7?,14-10+. The molecule has 0 aromatic carbocycles. The average Bonchev–Trinajstić information content (AvgIpc) is 2.48. The van der Waals surface area contributed by atoms with Crippen molar-refractivity contribution in [1.82, 2.24) is 9.97 Å². The molecule has 0 amide bonds. The van der Waals surface area contributed by atoms with Crippen LogP contribution in [0.3, 0.4) is 0 Å². The number of carbonyl (C=O) groups excluding carboxylic acids is 1. The zero-order valence-electron chi connectivity index (χ0n) is 14.3. The number of allylic oxidation sites excluding steroid dienone is 5. The average molecular weight is 312 g/mol. The Morgan fingerprint density at radius 1 is 1.30 bits per heavy atom. The molecule has 1 aliphatic rings. The van der Waals surface area contributed by atoms with Crippen molar-refractivity contribution in [2.75, 3.05) is 0 Å². The molecule has 4 nitrogen and oxygen atoms in total.